The Kier molecular flexibility index (Phi) is 6.13. The Hall–Kier alpha value is -0.750. The van der Waals surface area contributed by atoms with Crippen molar-refractivity contribution in [2.24, 2.45) is 0 Å². The van der Waals surface area contributed by atoms with Gasteiger partial charge in [-0.25, -0.2) is 0 Å². The molecule has 0 radical (unpaired) electrons. The van der Waals surface area contributed by atoms with Crippen LogP contribution in [0.15, 0.2) is 22.7 Å². The van der Waals surface area contributed by atoms with Crippen LogP contribution in [0.1, 0.15) is 29.6 Å². The third-order valence-corrected chi connectivity index (χ3v) is 3.57. The molecule has 0 saturated carbocycles. The average Bonchev–Trinajstić information content (AvgIpc) is 2.30. The van der Waals surface area contributed by atoms with E-state index in [1.165, 1.54) is 0 Å². The summed E-state index contributed by atoms with van der Waals surface area (Å²) in [7, 11) is 0. The van der Waals surface area contributed by atoms with Crippen molar-refractivity contribution in [2.45, 2.75) is 25.4 Å². The summed E-state index contributed by atoms with van der Waals surface area (Å²) >= 11 is 8.98. The Morgan fingerprint density at radius 3 is 2.58 bits per heavy atom. The fourth-order valence-electron chi connectivity index (χ4n) is 1.39. The zero-order valence-electron chi connectivity index (χ0n) is 9.86. The van der Waals surface area contributed by atoms with Crippen LogP contribution < -0.4 is 5.32 Å². The first kappa shape index (κ1) is 16.3. The van der Waals surface area contributed by atoms with Crippen LogP contribution in [0.25, 0.3) is 0 Å². The summed E-state index contributed by atoms with van der Waals surface area (Å²) in [6, 6.07) is 4.69. The van der Waals surface area contributed by atoms with Crippen LogP contribution in [0.4, 0.5) is 13.2 Å². The number of carbonyl (C=O) groups is 1. The van der Waals surface area contributed by atoms with Crippen molar-refractivity contribution in [3.05, 3.63) is 33.3 Å². The van der Waals surface area contributed by atoms with Gasteiger partial charge in [0.15, 0.2) is 0 Å². The summed E-state index contributed by atoms with van der Waals surface area (Å²) in [6.07, 6.45) is -4.66. The lowest BCUT2D eigenvalue weighted by molar-refractivity contribution is -0.135. The van der Waals surface area contributed by atoms with E-state index in [1.54, 1.807) is 18.2 Å². The Balaban J connectivity index is 2.33. The summed E-state index contributed by atoms with van der Waals surface area (Å²) in [5.74, 6) is -0.329. The third kappa shape index (κ3) is 6.29. The number of rotatable bonds is 5. The van der Waals surface area contributed by atoms with Crippen LogP contribution in [0.5, 0.6) is 0 Å². The van der Waals surface area contributed by atoms with Crippen molar-refractivity contribution < 1.29 is 18.0 Å². The largest absolute Gasteiger partial charge is 0.389 e. The van der Waals surface area contributed by atoms with Gasteiger partial charge in [-0.3, -0.25) is 4.79 Å². The number of halogens is 5. The second kappa shape index (κ2) is 7.14. The van der Waals surface area contributed by atoms with Crippen LogP contribution in [0.3, 0.4) is 0 Å². The molecule has 0 bridgehead atoms. The summed E-state index contributed by atoms with van der Waals surface area (Å²) in [5, 5.41) is 3.05. The number of unbranched alkanes of at least 4 members (excludes halogenated alkanes) is 1. The highest BCUT2D eigenvalue weighted by Crippen LogP contribution is 2.23. The molecule has 0 aliphatic rings. The molecule has 0 aromatic heterocycles. The monoisotopic (exact) mass is 357 g/mol. The highest BCUT2D eigenvalue weighted by atomic mass is 79.9. The molecule has 0 atom stereocenters. The Morgan fingerprint density at radius 2 is 2.00 bits per heavy atom. The van der Waals surface area contributed by atoms with E-state index >= 15 is 0 Å². The first-order chi connectivity index (χ1) is 8.79. The van der Waals surface area contributed by atoms with Gasteiger partial charge in [0.1, 0.15) is 0 Å². The van der Waals surface area contributed by atoms with E-state index in [0.717, 1.165) is 0 Å². The predicted octanol–water partition coefficient (Wildman–Crippen LogP) is 4.56. The summed E-state index contributed by atoms with van der Waals surface area (Å²) < 4.78 is 36.2. The fourth-order valence-corrected chi connectivity index (χ4v) is 1.89. The van der Waals surface area contributed by atoms with Gasteiger partial charge in [0, 0.05) is 23.0 Å². The highest BCUT2D eigenvalue weighted by molar-refractivity contribution is 9.10. The van der Waals surface area contributed by atoms with Gasteiger partial charge in [0.2, 0.25) is 0 Å². The van der Waals surface area contributed by atoms with E-state index in [9.17, 15) is 18.0 Å². The van der Waals surface area contributed by atoms with E-state index < -0.39 is 12.6 Å². The van der Waals surface area contributed by atoms with Crippen molar-refractivity contribution in [3.63, 3.8) is 0 Å². The Bertz CT molecular complexity index is 451. The minimum absolute atomic E-state index is 0.00803. The van der Waals surface area contributed by atoms with Crippen molar-refractivity contribution in [2.75, 3.05) is 6.54 Å². The van der Waals surface area contributed by atoms with E-state index in [4.69, 9.17) is 11.6 Å². The maximum Gasteiger partial charge on any atom is 0.389 e. The van der Waals surface area contributed by atoms with Crippen molar-refractivity contribution in [3.8, 4) is 0 Å². The van der Waals surface area contributed by atoms with E-state index in [-0.39, 0.29) is 18.9 Å². The number of hydrogen-bond donors (Lipinski definition) is 1. The molecule has 0 saturated heterocycles. The molecular formula is C12H12BrClF3NO. The first-order valence-corrected chi connectivity index (χ1v) is 6.77. The molecule has 0 unspecified atom stereocenters. The van der Waals surface area contributed by atoms with Crippen LogP contribution in [-0.2, 0) is 0 Å². The van der Waals surface area contributed by atoms with Crippen molar-refractivity contribution in [1.29, 1.82) is 0 Å². The Labute approximate surface area is 122 Å². The minimum atomic E-state index is -4.13. The van der Waals surface area contributed by atoms with Crippen molar-refractivity contribution >= 4 is 33.4 Å². The Morgan fingerprint density at radius 1 is 1.32 bits per heavy atom. The number of benzene rings is 1. The molecule has 0 spiro atoms. The van der Waals surface area contributed by atoms with Crippen LogP contribution >= 0.6 is 27.5 Å². The van der Waals surface area contributed by atoms with Gasteiger partial charge < -0.3 is 5.32 Å². The molecule has 0 heterocycles. The van der Waals surface area contributed by atoms with E-state index in [1.807, 2.05) is 0 Å². The predicted molar refractivity (Wildman–Crippen MR) is 71.4 cm³/mol. The molecule has 0 fully saturated rings. The van der Waals surface area contributed by atoms with Crippen LogP contribution in [0, 0.1) is 0 Å². The van der Waals surface area contributed by atoms with Gasteiger partial charge in [-0.05, 0) is 47.0 Å². The molecule has 106 valence electrons. The van der Waals surface area contributed by atoms with E-state index in [0.29, 0.717) is 21.5 Å². The number of alkyl halides is 3. The number of amides is 1. The third-order valence-electron chi connectivity index (χ3n) is 2.35. The molecule has 2 nitrogen and oxygen atoms in total. The lowest BCUT2D eigenvalue weighted by Crippen LogP contribution is -2.24. The van der Waals surface area contributed by atoms with Crippen LogP contribution in [0.2, 0.25) is 5.02 Å². The molecule has 19 heavy (non-hydrogen) atoms. The van der Waals surface area contributed by atoms with Gasteiger partial charge in [-0.15, -0.1) is 0 Å². The van der Waals surface area contributed by atoms with Gasteiger partial charge in [-0.1, -0.05) is 11.6 Å². The molecule has 1 aromatic carbocycles. The lowest BCUT2D eigenvalue weighted by Gasteiger charge is -2.07. The average molecular weight is 359 g/mol. The van der Waals surface area contributed by atoms with Gasteiger partial charge in [0.25, 0.3) is 5.91 Å². The fraction of sp³-hybridized carbons (Fsp3) is 0.417. The number of carbonyl (C=O) groups excluding carboxylic acids is 1. The molecule has 0 aliphatic carbocycles. The van der Waals surface area contributed by atoms with Gasteiger partial charge >= 0.3 is 6.18 Å². The van der Waals surface area contributed by atoms with Crippen molar-refractivity contribution in [1.82, 2.24) is 5.32 Å². The summed E-state index contributed by atoms with van der Waals surface area (Å²) in [4.78, 5) is 11.7. The molecule has 1 N–H and O–H groups in total. The topological polar surface area (TPSA) is 29.1 Å². The van der Waals surface area contributed by atoms with Crippen LogP contribution in [-0.4, -0.2) is 18.6 Å². The van der Waals surface area contributed by atoms with E-state index in [2.05, 4.69) is 21.2 Å². The molecular weight excluding hydrogens is 346 g/mol. The lowest BCUT2D eigenvalue weighted by atomic mass is 10.2. The SMILES string of the molecule is O=C(NCCCCC(F)(F)F)c1ccc(Cl)c(Br)c1. The highest BCUT2D eigenvalue weighted by Gasteiger charge is 2.25. The maximum atomic E-state index is 11.9. The van der Waals surface area contributed by atoms with Gasteiger partial charge in [0.05, 0.1) is 5.02 Å². The zero-order valence-corrected chi connectivity index (χ0v) is 12.2. The number of hydrogen-bond acceptors (Lipinski definition) is 1. The summed E-state index contributed by atoms with van der Waals surface area (Å²) in [6.45, 7) is 0.217. The number of nitrogens with one attached hydrogen (secondary N) is 1. The molecule has 7 heteroatoms. The zero-order chi connectivity index (χ0) is 14.5. The summed E-state index contributed by atoms with van der Waals surface area (Å²) in [5.41, 5.74) is 0.409. The molecule has 1 rings (SSSR count). The first-order valence-electron chi connectivity index (χ1n) is 5.59. The maximum absolute atomic E-state index is 11.9. The second-order valence-corrected chi connectivity index (χ2v) is 5.22. The smallest absolute Gasteiger partial charge is 0.352 e. The molecule has 1 amide bonds. The normalized spacial score (nSPS) is 11.4. The minimum Gasteiger partial charge on any atom is -0.352 e. The second-order valence-electron chi connectivity index (χ2n) is 3.96. The molecule has 1 aromatic rings. The van der Waals surface area contributed by atoms with Gasteiger partial charge in [-0.2, -0.15) is 13.2 Å². The quantitative estimate of drug-likeness (QED) is 0.768. The molecule has 0 aliphatic heterocycles. The standard InChI is InChI=1S/C12H12BrClF3NO/c13-9-7-8(3-4-10(9)14)11(19)18-6-2-1-5-12(15,16)17/h3-4,7H,1-2,5-6H2,(H,18,19).